The second-order valence-corrected chi connectivity index (χ2v) is 9.24. The SMILES string of the molecule is COCCCC(NC(=O)C1(NC(=O)OCC2c3ccccc3-c3ccccc32)CCCC1)C(=O)O. The maximum atomic E-state index is 13.2. The first kappa shape index (κ1) is 24.7. The molecular formula is C27H32N2O6. The first-order chi connectivity index (χ1) is 16.9. The first-order valence-corrected chi connectivity index (χ1v) is 12.1. The van der Waals surface area contributed by atoms with Gasteiger partial charge < -0.3 is 25.2 Å². The van der Waals surface area contributed by atoms with Gasteiger partial charge in [-0.15, -0.1) is 0 Å². The van der Waals surface area contributed by atoms with Crippen LogP contribution in [0.15, 0.2) is 48.5 Å². The molecule has 0 saturated heterocycles. The fourth-order valence-electron chi connectivity index (χ4n) is 5.20. The van der Waals surface area contributed by atoms with E-state index in [0.29, 0.717) is 25.9 Å². The van der Waals surface area contributed by atoms with Crippen molar-refractivity contribution in [1.82, 2.24) is 10.6 Å². The number of carboxylic acids is 1. The van der Waals surface area contributed by atoms with Gasteiger partial charge in [-0.3, -0.25) is 4.79 Å². The van der Waals surface area contributed by atoms with Crippen molar-refractivity contribution in [3.8, 4) is 11.1 Å². The molecule has 0 aromatic heterocycles. The van der Waals surface area contributed by atoms with Crippen molar-refractivity contribution in [3.05, 3.63) is 59.7 Å². The van der Waals surface area contributed by atoms with E-state index in [1.54, 1.807) is 7.11 Å². The van der Waals surface area contributed by atoms with Crippen LogP contribution < -0.4 is 10.6 Å². The van der Waals surface area contributed by atoms with Crippen LogP contribution in [-0.4, -0.2) is 55.0 Å². The van der Waals surface area contributed by atoms with Crippen LogP contribution in [0.2, 0.25) is 0 Å². The summed E-state index contributed by atoms with van der Waals surface area (Å²) in [4.78, 5) is 37.7. The molecule has 8 nitrogen and oxygen atoms in total. The zero-order chi connectivity index (χ0) is 24.8. The average molecular weight is 481 g/mol. The van der Waals surface area contributed by atoms with Crippen LogP contribution in [0.25, 0.3) is 11.1 Å². The summed E-state index contributed by atoms with van der Waals surface area (Å²) in [5, 5.41) is 14.9. The summed E-state index contributed by atoms with van der Waals surface area (Å²) >= 11 is 0. The van der Waals surface area contributed by atoms with Gasteiger partial charge in [0.05, 0.1) is 0 Å². The van der Waals surface area contributed by atoms with Gasteiger partial charge in [-0.1, -0.05) is 61.4 Å². The summed E-state index contributed by atoms with van der Waals surface area (Å²) in [6.07, 6.45) is 2.48. The molecule has 4 rings (SSSR count). The number of rotatable bonds is 10. The van der Waals surface area contributed by atoms with E-state index in [1.165, 1.54) is 0 Å². The Balaban J connectivity index is 1.41. The molecular weight excluding hydrogens is 448 g/mol. The number of carboxylic acid groups (broad SMARTS) is 1. The monoisotopic (exact) mass is 480 g/mol. The summed E-state index contributed by atoms with van der Waals surface area (Å²) in [5.41, 5.74) is 3.32. The van der Waals surface area contributed by atoms with Gasteiger partial charge in [0.15, 0.2) is 0 Å². The molecule has 35 heavy (non-hydrogen) atoms. The van der Waals surface area contributed by atoms with Crippen molar-refractivity contribution < 1.29 is 29.0 Å². The molecule has 1 saturated carbocycles. The van der Waals surface area contributed by atoms with Crippen LogP contribution in [0.5, 0.6) is 0 Å². The van der Waals surface area contributed by atoms with Gasteiger partial charge in [-0.05, 0) is 47.9 Å². The number of hydrogen-bond acceptors (Lipinski definition) is 5. The van der Waals surface area contributed by atoms with Crippen LogP contribution in [0.1, 0.15) is 55.6 Å². The van der Waals surface area contributed by atoms with Crippen molar-refractivity contribution in [2.45, 2.75) is 56.0 Å². The largest absolute Gasteiger partial charge is 0.480 e. The smallest absolute Gasteiger partial charge is 0.408 e. The third-order valence-corrected chi connectivity index (χ3v) is 7.02. The van der Waals surface area contributed by atoms with Gasteiger partial charge in [0.2, 0.25) is 5.91 Å². The predicted molar refractivity (Wildman–Crippen MR) is 130 cm³/mol. The highest BCUT2D eigenvalue weighted by atomic mass is 16.5. The molecule has 186 valence electrons. The molecule has 0 radical (unpaired) electrons. The van der Waals surface area contributed by atoms with Gasteiger partial charge in [0.25, 0.3) is 0 Å². The Kier molecular flexibility index (Phi) is 7.70. The lowest BCUT2D eigenvalue weighted by atomic mass is 9.95. The van der Waals surface area contributed by atoms with Gasteiger partial charge in [0, 0.05) is 19.6 Å². The van der Waals surface area contributed by atoms with E-state index < -0.39 is 29.6 Å². The summed E-state index contributed by atoms with van der Waals surface area (Å²) in [5.74, 6) is -1.67. The quantitative estimate of drug-likeness (QED) is 0.446. The third-order valence-electron chi connectivity index (χ3n) is 7.02. The van der Waals surface area contributed by atoms with Crippen LogP contribution in [-0.2, 0) is 19.1 Å². The van der Waals surface area contributed by atoms with Crippen molar-refractivity contribution in [2.75, 3.05) is 20.3 Å². The van der Waals surface area contributed by atoms with E-state index in [9.17, 15) is 19.5 Å². The summed E-state index contributed by atoms with van der Waals surface area (Å²) in [6, 6.07) is 15.1. The Morgan fingerprint density at radius 3 is 2.20 bits per heavy atom. The lowest BCUT2D eigenvalue weighted by Gasteiger charge is -2.30. The maximum Gasteiger partial charge on any atom is 0.408 e. The molecule has 2 aliphatic rings. The fraction of sp³-hybridized carbons (Fsp3) is 0.444. The standard InChI is InChI=1S/C27H32N2O6/c1-34-16-8-13-23(24(30)31)28-25(32)27(14-6-7-15-27)29-26(33)35-17-22-20-11-4-2-9-18(20)19-10-3-5-12-21(19)22/h2-5,9-12,22-23H,6-8,13-17H2,1H3,(H,28,32)(H,29,33)(H,30,31). The van der Waals surface area contributed by atoms with Crippen molar-refractivity contribution in [2.24, 2.45) is 0 Å². The van der Waals surface area contributed by atoms with Crippen LogP contribution >= 0.6 is 0 Å². The van der Waals surface area contributed by atoms with Crippen molar-refractivity contribution in [3.63, 3.8) is 0 Å². The first-order valence-electron chi connectivity index (χ1n) is 12.1. The third kappa shape index (κ3) is 5.32. The van der Waals surface area contributed by atoms with E-state index in [1.807, 2.05) is 36.4 Å². The van der Waals surface area contributed by atoms with E-state index in [2.05, 4.69) is 22.8 Å². The molecule has 3 N–H and O–H groups in total. The fourth-order valence-corrected chi connectivity index (χ4v) is 5.20. The number of fused-ring (bicyclic) bond motifs is 3. The Morgan fingerprint density at radius 2 is 1.63 bits per heavy atom. The van der Waals surface area contributed by atoms with Crippen molar-refractivity contribution in [1.29, 1.82) is 0 Å². The average Bonchev–Trinajstić information content (AvgIpc) is 3.45. The van der Waals surface area contributed by atoms with E-state index in [4.69, 9.17) is 9.47 Å². The molecule has 1 fully saturated rings. The minimum atomic E-state index is -1.17. The molecule has 0 heterocycles. The number of ether oxygens (including phenoxy) is 2. The topological polar surface area (TPSA) is 114 Å². The number of carbonyl (C=O) groups excluding carboxylic acids is 2. The summed E-state index contributed by atoms with van der Waals surface area (Å²) in [6.45, 7) is 0.551. The van der Waals surface area contributed by atoms with Crippen molar-refractivity contribution >= 4 is 18.0 Å². The number of amides is 2. The highest BCUT2D eigenvalue weighted by Crippen LogP contribution is 2.44. The predicted octanol–water partition coefficient (Wildman–Crippen LogP) is 3.83. The van der Waals surface area contributed by atoms with Gasteiger partial charge in [-0.25, -0.2) is 9.59 Å². The Bertz CT molecular complexity index is 1030. The molecule has 0 aliphatic heterocycles. The van der Waals surface area contributed by atoms with E-state index >= 15 is 0 Å². The van der Waals surface area contributed by atoms with Gasteiger partial charge in [0.1, 0.15) is 18.2 Å². The molecule has 0 spiro atoms. The van der Waals surface area contributed by atoms with E-state index in [0.717, 1.165) is 35.1 Å². The minimum Gasteiger partial charge on any atom is -0.480 e. The molecule has 1 atom stereocenters. The highest BCUT2D eigenvalue weighted by molar-refractivity contribution is 5.93. The zero-order valence-electron chi connectivity index (χ0n) is 19.9. The van der Waals surface area contributed by atoms with Gasteiger partial charge in [-0.2, -0.15) is 0 Å². The van der Waals surface area contributed by atoms with Crippen LogP contribution in [0.4, 0.5) is 4.79 Å². The summed E-state index contributed by atoms with van der Waals surface area (Å²) < 4.78 is 10.6. The lowest BCUT2D eigenvalue weighted by Crippen LogP contribution is -2.60. The molecule has 2 aromatic carbocycles. The molecule has 2 aromatic rings. The molecule has 8 heteroatoms. The number of alkyl carbamates (subject to hydrolysis) is 1. The number of carbonyl (C=O) groups is 3. The molecule has 0 bridgehead atoms. The number of hydrogen-bond donors (Lipinski definition) is 3. The highest BCUT2D eigenvalue weighted by Gasteiger charge is 2.44. The summed E-state index contributed by atoms with van der Waals surface area (Å²) in [7, 11) is 1.54. The Hall–Kier alpha value is -3.39. The number of nitrogens with one attached hydrogen (secondary N) is 2. The molecule has 1 unspecified atom stereocenters. The lowest BCUT2D eigenvalue weighted by molar-refractivity contribution is -0.143. The van der Waals surface area contributed by atoms with Crippen LogP contribution in [0.3, 0.4) is 0 Å². The second-order valence-electron chi connectivity index (χ2n) is 9.24. The zero-order valence-corrected chi connectivity index (χ0v) is 19.9. The van der Waals surface area contributed by atoms with E-state index in [-0.39, 0.29) is 18.9 Å². The Morgan fingerprint density at radius 1 is 1.03 bits per heavy atom. The maximum absolute atomic E-state index is 13.2. The number of methoxy groups -OCH3 is 1. The number of benzene rings is 2. The number of aliphatic carboxylic acids is 1. The van der Waals surface area contributed by atoms with Crippen LogP contribution in [0, 0.1) is 0 Å². The van der Waals surface area contributed by atoms with Gasteiger partial charge >= 0.3 is 12.1 Å². The molecule has 2 amide bonds. The molecule has 2 aliphatic carbocycles. The normalized spacial score (nSPS) is 16.7. The minimum absolute atomic E-state index is 0.0846. The second kappa shape index (κ2) is 10.9. The Labute approximate surface area is 205 Å².